The molecule has 92 valence electrons. The van der Waals surface area contributed by atoms with Crippen LogP contribution in [0.1, 0.15) is 16.2 Å². The van der Waals surface area contributed by atoms with E-state index in [0.717, 1.165) is 0 Å². The molecule has 2 aromatic rings. The number of carbonyl (C=O) groups is 1. The van der Waals surface area contributed by atoms with Gasteiger partial charge >= 0.3 is 5.97 Å². The average Bonchev–Trinajstić information content (AvgIpc) is 2.37. The quantitative estimate of drug-likeness (QED) is 0.921. The van der Waals surface area contributed by atoms with E-state index in [4.69, 9.17) is 21.4 Å². The normalized spacial score (nSPS) is 10.1. The van der Waals surface area contributed by atoms with Crippen molar-refractivity contribution in [3.05, 3.63) is 58.9 Å². The molecule has 18 heavy (non-hydrogen) atoms. The van der Waals surface area contributed by atoms with Gasteiger partial charge in [0.15, 0.2) is 0 Å². The van der Waals surface area contributed by atoms with Gasteiger partial charge in [0.05, 0.1) is 5.69 Å². The van der Waals surface area contributed by atoms with Crippen LogP contribution in [0.25, 0.3) is 0 Å². The lowest BCUT2D eigenvalue weighted by molar-refractivity contribution is 0.0690. The third-order valence-electron chi connectivity index (χ3n) is 2.21. The first-order chi connectivity index (χ1) is 8.65. The smallest absolute Gasteiger partial charge is 0.354 e. The van der Waals surface area contributed by atoms with Crippen LogP contribution in [-0.2, 0) is 6.61 Å². The lowest BCUT2D eigenvalue weighted by atomic mass is 10.3. The number of carboxylic acids is 1. The van der Waals surface area contributed by atoms with Crippen molar-refractivity contribution in [2.75, 3.05) is 0 Å². The summed E-state index contributed by atoms with van der Waals surface area (Å²) in [5, 5.41) is 9.39. The number of aromatic carboxylic acids is 1. The molecule has 1 heterocycles. The molecule has 1 aromatic carbocycles. The maximum atomic E-state index is 10.8. The van der Waals surface area contributed by atoms with Crippen molar-refractivity contribution in [1.29, 1.82) is 0 Å². The van der Waals surface area contributed by atoms with Gasteiger partial charge in [0.25, 0.3) is 0 Å². The molecule has 0 saturated heterocycles. The van der Waals surface area contributed by atoms with Crippen molar-refractivity contribution in [3.63, 3.8) is 0 Å². The lowest BCUT2D eigenvalue weighted by Gasteiger charge is -2.06. The van der Waals surface area contributed by atoms with E-state index in [-0.39, 0.29) is 12.3 Å². The highest BCUT2D eigenvalue weighted by Crippen LogP contribution is 2.18. The van der Waals surface area contributed by atoms with Gasteiger partial charge in [-0.15, -0.1) is 0 Å². The van der Waals surface area contributed by atoms with E-state index >= 15 is 0 Å². The van der Waals surface area contributed by atoms with E-state index in [1.165, 1.54) is 6.07 Å². The number of carboxylic acid groups (broad SMARTS) is 1. The number of hydrogen-bond donors (Lipinski definition) is 1. The Morgan fingerprint density at radius 3 is 2.78 bits per heavy atom. The Balaban J connectivity index is 2.06. The number of halogens is 1. The van der Waals surface area contributed by atoms with Crippen LogP contribution in [-0.4, -0.2) is 16.1 Å². The maximum Gasteiger partial charge on any atom is 0.354 e. The SMILES string of the molecule is O=C(O)c1cccc(COc2cccc(Cl)c2)n1. The van der Waals surface area contributed by atoms with Crippen molar-refractivity contribution in [1.82, 2.24) is 4.98 Å². The van der Waals surface area contributed by atoms with E-state index in [1.807, 2.05) is 0 Å². The first kappa shape index (κ1) is 12.4. The third kappa shape index (κ3) is 3.21. The molecule has 1 aromatic heterocycles. The Kier molecular flexibility index (Phi) is 3.79. The minimum Gasteiger partial charge on any atom is -0.487 e. The summed E-state index contributed by atoms with van der Waals surface area (Å²) in [6.07, 6.45) is 0. The molecule has 0 spiro atoms. The highest BCUT2D eigenvalue weighted by molar-refractivity contribution is 6.30. The van der Waals surface area contributed by atoms with Gasteiger partial charge in [-0.3, -0.25) is 0 Å². The predicted molar refractivity (Wildman–Crippen MR) is 67.0 cm³/mol. The van der Waals surface area contributed by atoms with Gasteiger partial charge < -0.3 is 9.84 Å². The largest absolute Gasteiger partial charge is 0.487 e. The molecule has 0 atom stereocenters. The summed E-state index contributed by atoms with van der Waals surface area (Å²) in [6.45, 7) is 0.196. The van der Waals surface area contributed by atoms with Gasteiger partial charge in [-0.1, -0.05) is 23.7 Å². The van der Waals surface area contributed by atoms with Crippen LogP contribution < -0.4 is 4.74 Å². The van der Waals surface area contributed by atoms with Crippen LogP contribution >= 0.6 is 11.6 Å². The number of nitrogens with zero attached hydrogens (tertiary/aromatic N) is 1. The maximum absolute atomic E-state index is 10.8. The minimum atomic E-state index is -1.06. The fraction of sp³-hybridized carbons (Fsp3) is 0.0769. The summed E-state index contributed by atoms with van der Waals surface area (Å²) >= 11 is 5.82. The number of ether oxygens (including phenoxy) is 1. The van der Waals surface area contributed by atoms with Crippen molar-refractivity contribution in [3.8, 4) is 5.75 Å². The van der Waals surface area contributed by atoms with Crippen LogP contribution in [0.4, 0.5) is 0 Å². The standard InChI is InChI=1S/C13H10ClNO3/c14-9-3-1-5-11(7-9)18-8-10-4-2-6-12(15-10)13(16)17/h1-7H,8H2,(H,16,17). The lowest BCUT2D eigenvalue weighted by Crippen LogP contribution is -2.04. The fourth-order valence-electron chi connectivity index (χ4n) is 1.39. The molecule has 0 unspecified atom stereocenters. The molecule has 1 N–H and O–H groups in total. The summed E-state index contributed by atoms with van der Waals surface area (Å²) in [7, 11) is 0. The monoisotopic (exact) mass is 263 g/mol. The molecular weight excluding hydrogens is 254 g/mol. The van der Waals surface area contributed by atoms with Gasteiger partial charge in [0.2, 0.25) is 0 Å². The van der Waals surface area contributed by atoms with Gasteiger partial charge in [-0.25, -0.2) is 9.78 Å². The Bertz CT molecular complexity index is 572. The number of aromatic nitrogens is 1. The summed E-state index contributed by atoms with van der Waals surface area (Å²) in [5.41, 5.74) is 0.553. The van der Waals surface area contributed by atoms with E-state index in [0.29, 0.717) is 16.5 Å². The fourth-order valence-corrected chi connectivity index (χ4v) is 1.57. The van der Waals surface area contributed by atoms with Gasteiger partial charge in [-0.05, 0) is 30.3 Å². The van der Waals surface area contributed by atoms with E-state index in [1.54, 1.807) is 36.4 Å². The predicted octanol–water partition coefficient (Wildman–Crippen LogP) is 3.01. The van der Waals surface area contributed by atoms with Crippen molar-refractivity contribution in [2.24, 2.45) is 0 Å². The minimum absolute atomic E-state index is 0.00203. The number of hydrogen-bond acceptors (Lipinski definition) is 3. The molecule has 4 nitrogen and oxygen atoms in total. The molecule has 0 fully saturated rings. The molecule has 0 aliphatic carbocycles. The van der Waals surface area contributed by atoms with Crippen molar-refractivity contribution < 1.29 is 14.6 Å². The second kappa shape index (κ2) is 5.51. The zero-order valence-corrected chi connectivity index (χ0v) is 10.1. The van der Waals surface area contributed by atoms with Crippen LogP contribution in [0.3, 0.4) is 0 Å². The third-order valence-corrected chi connectivity index (χ3v) is 2.44. The first-order valence-electron chi connectivity index (χ1n) is 5.23. The van der Waals surface area contributed by atoms with E-state index in [2.05, 4.69) is 4.98 Å². The molecule has 2 rings (SSSR count). The molecule has 0 amide bonds. The molecule has 0 saturated carbocycles. The Hall–Kier alpha value is -2.07. The van der Waals surface area contributed by atoms with Gasteiger partial charge in [0.1, 0.15) is 18.1 Å². The number of pyridine rings is 1. The Labute approximate surface area is 109 Å². The summed E-state index contributed by atoms with van der Waals surface area (Å²) < 4.78 is 5.47. The Morgan fingerprint density at radius 2 is 2.06 bits per heavy atom. The van der Waals surface area contributed by atoms with Gasteiger partial charge in [-0.2, -0.15) is 0 Å². The van der Waals surface area contributed by atoms with Crippen LogP contribution in [0, 0.1) is 0 Å². The molecule has 5 heteroatoms. The van der Waals surface area contributed by atoms with Crippen LogP contribution in [0.2, 0.25) is 5.02 Å². The highest BCUT2D eigenvalue weighted by Gasteiger charge is 2.05. The summed E-state index contributed by atoms with van der Waals surface area (Å²) in [4.78, 5) is 14.7. The number of rotatable bonds is 4. The van der Waals surface area contributed by atoms with E-state index in [9.17, 15) is 4.79 Å². The number of benzene rings is 1. The van der Waals surface area contributed by atoms with Crippen molar-refractivity contribution >= 4 is 17.6 Å². The van der Waals surface area contributed by atoms with Gasteiger partial charge in [0, 0.05) is 5.02 Å². The zero-order chi connectivity index (χ0) is 13.0. The second-order valence-electron chi connectivity index (χ2n) is 3.57. The van der Waals surface area contributed by atoms with Crippen LogP contribution in [0.15, 0.2) is 42.5 Å². The molecule has 0 aliphatic heterocycles. The average molecular weight is 264 g/mol. The molecular formula is C13H10ClNO3. The highest BCUT2D eigenvalue weighted by atomic mass is 35.5. The second-order valence-corrected chi connectivity index (χ2v) is 4.00. The van der Waals surface area contributed by atoms with Crippen molar-refractivity contribution in [2.45, 2.75) is 6.61 Å². The molecule has 0 radical (unpaired) electrons. The molecule has 0 bridgehead atoms. The van der Waals surface area contributed by atoms with Crippen LogP contribution in [0.5, 0.6) is 5.75 Å². The van der Waals surface area contributed by atoms with E-state index < -0.39 is 5.97 Å². The topological polar surface area (TPSA) is 59.4 Å². The summed E-state index contributed by atoms with van der Waals surface area (Å²) in [5.74, 6) is -0.440. The first-order valence-corrected chi connectivity index (χ1v) is 5.60. The Morgan fingerprint density at radius 1 is 1.28 bits per heavy atom. The zero-order valence-electron chi connectivity index (χ0n) is 9.34. The molecule has 0 aliphatic rings. The summed E-state index contributed by atoms with van der Waals surface area (Å²) in [6, 6.07) is 11.8.